The van der Waals surface area contributed by atoms with E-state index in [0.717, 1.165) is 29.2 Å². The topological polar surface area (TPSA) is 84.2 Å². The summed E-state index contributed by atoms with van der Waals surface area (Å²) in [6, 6.07) is 29.6. The van der Waals surface area contributed by atoms with E-state index in [-0.39, 0.29) is 11.7 Å². The maximum Gasteiger partial charge on any atom is 0.287 e. The summed E-state index contributed by atoms with van der Waals surface area (Å²) in [6.07, 6.45) is 3.42. The first-order valence-corrected chi connectivity index (χ1v) is 13.2. The molecule has 1 N–H and O–H groups in total. The van der Waals surface area contributed by atoms with Crippen molar-refractivity contribution in [2.45, 2.75) is 24.0 Å². The van der Waals surface area contributed by atoms with Gasteiger partial charge in [0.2, 0.25) is 0 Å². The zero-order valence-electron chi connectivity index (χ0n) is 20.9. The van der Waals surface area contributed by atoms with Crippen molar-refractivity contribution in [1.29, 1.82) is 0 Å². The third-order valence-electron chi connectivity index (χ3n) is 5.82. The fraction of sp³-hybridized carbons (Fsp3) is 0.133. The number of rotatable bonds is 10. The van der Waals surface area contributed by atoms with Gasteiger partial charge in [0, 0.05) is 44.2 Å². The van der Waals surface area contributed by atoms with Gasteiger partial charge in [-0.25, -0.2) is 9.97 Å². The molecule has 5 aromatic rings. The lowest BCUT2D eigenvalue weighted by molar-refractivity contribution is 0.0921. The molecule has 0 atom stereocenters. The molecule has 0 aliphatic rings. The van der Waals surface area contributed by atoms with Gasteiger partial charge in [0.05, 0.1) is 11.4 Å². The molecule has 190 valence electrons. The number of carbonyl (C=O) groups excluding carboxylic acids is 1. The van der Waals surface area contributed by atoms with Gasteiger partial charge in [0.15, 0.2) is 10.9 Å². The Morgan fingerprint density at radius 1 is 0.921 bits per heavy atom. The van der Waals surface area contributed by atoms with Gasteiger partial charge in [0.25, 0.3) is 5.91 Å². The SMILES string of the molecule is CN(Cc1ccccc1)c1cc(-c2ccccc2)nc(SCc2ccc(C(=O)NCc3cccnc3)o2)n1. The molecule has 0 radical (unpaired) electrons. The third kappa shape index (κ3) is 6.66. The average molecular weight is 522 g/mol. The van der Waals surface area contributed by atoms with Crippen LogP contribution in [0.5, 0.6) is 0 Å². The summed E-state index contributed by atoms with van der Waals surface area (Å²) >= 11 is 1.47. The first kappa shape index (κ1) is 25.2. The molecular weight excluding hydrogens is 494 g/mol. The molecule has 2 aromatic carbocycles. The third-order valence-corrected chi connectivity index (χ3v) is 6.69. The van der Waals surface area contributed by atoms with Crippen LogP contribution in [0.2, 0.25) is 0 Å². The van der Waals surface area contributed by atoms with E-state index in [1.165, 1.54) is 17.3 Å². The smallest absolute Gasteiger partial charge is 0.287 e. The lowest BCUT2D eigenvalue weighted by Crippen LogP contribution is -2.22. The van der Waals surface area contributed by atoms with Crippen LogP contribution in [0.4, 0.5) is 5.82 Å². The number of aromatic nitrogens is 3. The van der Waals surface area contributed by atoms with Crippen molar-refractivity contribution in [3.8, 4) is 11.3 Å². The predicted molar refractivity (Wildman–Crippen MR) is 150 cm³/mol. The van der Waals surface area contributed by atoms with Gasteiger partial charge in [-0.3, -0.25) is 9.78 Å². The number of amides is 1. The maximum absolute atomic E-state index is 12.5. The maximum atomic E-state index is 12.5. The lowest BCUT2D eigenvalue weighted by Gasteiger charge is -2.19. The number of furan rings is 1. The number of hydrogen-bond donors (Lipinski definition) is 1. The molecule has 38 heavy (non-hydrogen) atoms. The first-order chi connectivity index (χ1) is 18.6. The zero-order valence-corrected chi connectivity index (χ0v) is 21.8. The van der Waals surface area contributed by atoms with E-state index in [9.17, 15) is 4.79 Å². The van der Waals surface area contributed by atoms with Crippen LogP contribution in [0.25, 0.3) is 11.3 Å². The first-order valence-electron chi connectivity index (χ1n) is 12.2. The largest absolute Gasteiger partial charge is 0.455 e. The minimum atomic E-state index is -0.266. The van der Waals surface area contributed by atoms with Crippen molar-refractivity contribution in [1.82, 2.24) is 20.3 Å². The standard InChI is InChI=1S/C30H27N5O2S/c1-35(20-22-9-4-2-5-10-22)28-17-26(24-12-6-3-7-13-24)33-30(34-28)38-21-25-14-15-27(37-25)29(36)32-19-23-11-8-16-31-18-23/h2-18H,19-21H2,1H3,(H,32,36). The molecule has 3 aromatic heterocycles. The van der Waals surface area contributed by atoms with Gasteiger partial charge >= 0.3 is 0 Å². The fourth-order valence-corrected chi connectivity index (χ4v) is 4.60. The highest BCUT2D eigenvalue weighted by atomic mass is 32.2. The van der Waals surface area contributed by atoms with Crippen LogP contribution in [0, 0.1) is 0 Å². The van der Waals surface area contributed by atoms with E-state index in [1.807, 2.05) is 79.8 Å². The number of pyridine rings is 1. The molecule has 0 unspecified atom stereocenters. The molecule has 3 heterocycles. The summed E-state index contributed by atoms with van der Waals surface area (Å²) in [5.41, 5.74) is 4.00. The van der Waals surface area contributed by atoms with Crippen molar-refractivity contribution < 1.29 is 9.21 Å². The second-order valence-corrected chi connectivity index (χ2v) is 9.64. The monoisotopic (exact) mass is 521 g/mol. The van der Waals surface area contributed by atoms with Crippen LogP contribution in [-0.4, -0.2) is 27.9 Å². The van der Waals surface area contributed by atoms with Crippen molar-refractivity contribution in [2.75, 3.05) is 11.9 Å². The van der Waals surface area contributed by atoms with Crippen LogP contribution in [0.15, 0.2) is 113 Å². The zero-order chi connectivity index (χ0) is 26.2. The van der Waals surface area contributed by atoms with Crippen LogP contribution < -0.4 is 10.2 Å². The van der Waals surface area contributed by atoms with E-state index in [4.69, 9.17) is 14.4 Å². The highest BCUT2D eigenvalue weighted by Gasteiger charge is 2.14. The molecule has 8 heteroatoms. The molecule has 0 aliphatic carbocycles. The Hall–Kier alpha value is -4.43. The van der Waals surface area contributed by atoms with Crippen molar-refractivity contribution >= 4 is 23.5 Å². The number of thioether (sulfide) groups is 1. The van der Waals surface area contributed by atoms with Crippen LogP contribution in [0.3, 0.4) is 0 Å². The minimum Gasteiger partial charge on any atom is -0.455 e. The normalized spacial score (nSPS) is 10.8. The highest BCUT2D eigenvalue weighted by Crippen LogP contribution is 2.28. The van der Waals surface area contributed by atoms with Gasteiger partial charge < -0.3 is 14.6 Å². The van der Waals surface area contributed by atoms with Crippen LogP contribution in [0.1, 0.15) is 27.4 Å². The fourth-order valence-electron chi connectivity index (χ4n) is 3.85. The lowest BCUT2D eigenvalue weighted by atomic mass is 10.1. The second kappa shape index (κ2) is 12.2. The Balaban J connectivity index is 1.29. The summed E-state index contributed by atoms with van der Waals surface area (Å²) < 4.78 is 5.81. The molecule has 0 saturated carbocycles. The van der Waals surface area contributed by atoms with Crippen LogP contribution >= 0.6 is 11.8 Å². The van der Waals surface area contributed by atoms with E-state index in [2.05, 4.69) is 27.3 Å². The van der Waals surface area contributed by atoms with E-state index >= 15 is 0 Å². The minimum absolute atomic E-state index is 0.266. The Bertz CT molecular complexity index is 1480. The Morgan fingerprint density at radius 3 is 2.45 bits per heavy atom. The van der Waals surface area contributed by atoms with Crippen molar-refractivity contribution in [3.05, 3.63) is 126 Å². The summed E-state index contributed by atoms with van der Waals surface area (Å²) in [4.78, 5) is 28.3. The molecule has 0 fully saturated rings. The van der Waals surface area contributed by atoms with Crippen molar-refractivity contribution in [2.24, 2.45) is 0 Å². The highest BCUT2D eigenvalue weighted by molar-refractivity contribution is 7.98. The Kier molecular flexibility index (Phi) is 8.10. The average Bonchev–Trinajstić information content (AvgIpc) is 3.45. The summed E-state index contributed by atoms with van der Waals surface area (Å²) in [5.74, 6) is 2.01. The van der Waals surface area contributed by atoms with Gasteiger partial charge in [-0.15, -0.1) is 0 Å². The Labute approximate surface area is 226 Å². The van der Waals surface area contributed by atoms with E-state index in [0.29, 0.717) is 23.2 Å². The number of nitrogens with zero attached hydrogens (tertiary/aromatic N) is 4. The van der Waals surface area contributed by atoms with Gasteiger partial charge in [-0.05, 0) is 29.3 Å². The Morgan fingerprint density at radius 2 is 1.68 bits per heavy atom. The number of carbonyl (C=O) groups is 1. The molecule has 0 saturated heterocycles. The van der Waals surface area contributed by atoms with Crippen molar-refractivity contribution in [3.63, 3.8) is 0 Å². The molecule has 0 bridgehead atoms. The van der Waals surface area contributed by atoms with Crippen LogP contribution in [-0.2, 0) is 18.8 Å². The van der Waals surface area contributed by atoms with Gasteiger partial charge in [-0.2, -0.15) is 0 Å². The molecule has 0 aliphatic heterocycles. The van der Waals surface area contributed by atoms with Gasteiger partial charge in [-0.1, -0.05) is 78.5 Å². The number of benzene rings is 2. The van der Waals surface area contributed by atoms with E-state index in [1.54, 1.807) is 18.5 Å². The van der Waals surface area contributed by atoms with Gasteiger partial charge in [0.1, 0.15) is 11.6 Å². The molecule has 0 spiro atoms. The molecule has 7 nitrogen and oxygen atoms in total. The van der Waals surface area contributed by atoms with E-state index < -0.39 is 0 Å². The quantitative estimate of drug-likeness (QED) is 0.178. The number of hydrogen-bond acceptors (Lipinski definition) is 7. The summed E-state index contributed by atoms with van der Waals surface area (Å²) in [6.45, 7) is 1.11. The second-order valence-electron chi connectivity index (χ2n) is 8.70. The predicted octanol–water partition coefficient (Wildman–Crippen LogP) is 5.99. The molecular formula is C30H27N5O2S. The summed E-state index contributed by atoms with van der Waals surface area (Å²) in [5, 5.41) is 3.50. The number of nitrogens with one attached hydrogen (secondary N) is 1. The molecule has 1 amide bonds. The summed E-state index contributed by atoms with van der Waals surface area (Å²) in [7, 11) is 2.03. The molecule has 5 rings (SSSR count). The number of anilines is 1.